The van der Waals surface area contributed by atoms with Crippen molar-refractivity contribution in [3.05, 3.63) is 24.3 Å². The number of ether oxygens (including phenoxy) is 1. The Morgan fingerprint density at radius 2 is 1.88 bits per heavy atom. The highest BCUT2D eigenvalue weighted by atomic mass is 32.1. The number of thiocarbonyl (C=S) groups is 1. The fourth-order valence-electron chi connectivity index (χ4n) is 2.69. The van der Waals surface area contributed by atoms with Crippen molar-refractivity contribution in [2.45, 2.75) is 18.9 Å². The van der Waals surface area contributed by atoms with E-state index in [9.17, 15) is 4.79 Å². The topological polar surface area (TPSA) is 56.8 Å². The molecule has 0 unspecified atom stereocenters. The van der Waals surface area contributed by atoms with E-state index >= 15 is 0 Å². The second kappa shape index (κ2) is 7.81. The number of carbonyl (C=O) groups excluding carboxylic acids is 1. The predicted molar refractivity (Wildman–Crippen MR) is 98.4 cm³/mol. The Hall–Kier alpha value is -1.86. The molecule has 1 aliphatic carbocycles. The van der Waals surface area contributed by atoms with Crippen molar-refractivity contribution >= 4 is 28.9 Å². The van der Waals surface area contributed by atoms with Crippen LogP contribution in [0.25, 0.3) is 0 Å². The average Bonchev–Trinajstić information content (AvgIpc) is 3.40. The molecule has 1 aromatic carbocycles. The molecule has 24 heavy (non-hydrogen) atoms. The normalized spacial score (nSPS) is 18.1. The molecule has 1 heterocycles. The number of anilines is 1. The summed E-state index contributed by atoms with van der Waals surface area (Å²) in [5.74, 6) is 0.967. The lowest BCUT2D eigenvalue weighted by molar-refractivity contribution is -0.122. The van der Waals surface area contributed by atoms with Crippen LogP contribution >= 0.6 is 12.2 Å². The van der Waals surface area contributed by atoms with E-state index in [4.69, 9.17) is 17.0 Å². The molecule has 0 atom stereocenters. The minimum Gasteiger partial charge on any atom is -0.497 e. The number of hydrogen-bond acceptors (Lipinski definition) is 4. The summed E-state index contributed by atoms with van der Waals surface area (Å²) in [7, 11) is 1.65. The summed E-state index contributed by atoms with van der Waals surface area (Å²) in [6, 6.07) is 8.13. The van der Waals surface area contributed by atoms with Crippen LogP contribution in [-0.4, -0.2) is 66.7 Å². The molecule has 1 saturated carbocycles. The molecule has 0 radical (unpaired) electrons. The molecule has 7 heteroatoms. The smallest absolute Gasteiger partial charge is 0.234 e. The molecule has 1 aliphatic heterocycles. The van der Waals surface area contributed by atoms with Gasteiger partial charge in [0.25, 0.3) is 0 Å². The fourth-order valence-corrected chi connectivity index (χ4v) is 2.99. The van der Waals surface area contributed by atoms with Crippen molar-refractivity contribution in [3.8, 4) is 5.75 Å². The molecular formula is C17H24N4O2S. The van der Waals surface area contributed by atoms with Crippen molar-refractivity contribution in [3.63, 3.8) is 0 Å². The highest BCUT2D eigenvalue weighted by Crippen LogP contribution is 2.18. The van der Waals surface area contributed by atoms with Crippen molar-refractivity contribution in [1.29, 1.82) is 0 Å². The first-order chi connectivity index (χ1) is 11.6. The van der Waals surface area contributed by atoms with Gasteiger partial charge in [0.05, 0.1) is 13.7 Å². The zero-order chi connectivity index (χ0) is 16.9. The maximum Gasteiger partial charge on any atom is 0.234 e. The van der Waals surface area contributed by atoms with E-state index in [0.29, 0.717) is 12.6 Å². The first-order valence-electron chi connectivity index (χ1n) is 8.36. The van der Waals surface area contributed by atoms with Crippen LogP contribution < -0.4 is 15.4 Å². The molecule has 0 aromatic heterocycles. The van der Waals surface area contributed by atoms with Gasteiger partial charge in [-0.15, -0.1) is 0 Å². The van der Waals surface area contributed by atoms with E-state index in [0.717, 1.165) is 55.6 Å². The Kier molecular flexibility index (Phi) is 5.52. The molecule has 2 fully saturated rings. The number of nitrogens with one attached hydrogen (secondary N) is 2. The number of amides is 1. The van der Waals surface area contributed by atoms with E-state index in [1.54, 1.807) is 7.11 Å². The van der Waals surface area contributed by atoms with Gasteiger partial charge in [0, 0.05) is 37.9 Å². The van der Waals surface area contributed by atoms with Crippen LogP contribution in [0.3, 0.4) is 0 Å². The fraction of sp³-hybridized carbons (Fsp3) is 0.529. The number of rotatable bonds is 5. The lowest BCUT2D eigenvalue weighted by Crippen LogP contribution is -2.52. The Labute approximate surface area is 148 Å². The Bertz CT molecular complexity index is 581. The number of carbonyl (C=O) groups is 1. The second-order valence-electron chi connectivity index (χ2n) is 6.26. The van der Waals surface area contributed by atoms with Crippen LogP contribution in [0.4, 0.5) is 5.69 Å². The van der Waals surface area contributed by atoms with Gasteiger partial charge in [-0.05, 0) is 49.3 Å². The van der Waals surface area contributed by atoms with Gasteiger partial charge in [0.15, 0.2) is 5.11 Å². The van der Waals surface area contributed by atoms with Crippen LogP contribution in [0.5, 0.6) is 5.75 Å². The average molecular weight is 348 g/mol. The molecule has 130 valence electrons. The zero-order valence-corrected chi connectivity index (χ0v) is 14.8. The monoisotopic (exact) mass is 348 g/mol. The van der Waals surface area contributed by atoms with Crippen LogP contribution in [0.15, 0.2) is 24.3 Å². The van der Waals surface area contributed by atoms with Gasteiger partial charge in [-0.1, -0.05) is 0 Å². The molecule has 1 amide bonds. The third-order valence-corrected chi connectivity index (χ3v) is 4.67. The van der Waals surface area contributed by atoms with Crippen LogP contribution in [-0.2, 0) is 4.79 Å². The maximum atomic E-state index is 11.9. The quantitative estimate of drug-likeness (QED) is 0.782. The molecule has 1 aromatic rings. The van der Waals surface area contributed by atoms with Crippen molar-refractivity contribution in [2.75, 3.05) is 45.2 Å². The molecule has 6 nitrogen and oxygen atoms in total. The van der Waals surface area contributed by atoms with Gasteiger partial charge in [-0.2, -0.15) is 0 Å². The lowest BCUT2D eigenvalue weighted by atomic mass is 10.3. The highest BCUT2D eigenvalue weighted by molar-refractivity contribution is 7.80. The van der Waals surface area contributed by atoms with Gasteiger partial charge >= 0.3 is 0 Å². The van der Waals surface area contributed by atoms with Gasteiger partial charge in [-0.3, -0.25) is 9.69 Å². The molecule has 2 N–H and O–H groups in total. The summed E-state index contributed by atoms with van der Waals surface area (Å²) in [6.07, 6.45) is 2.26. The van der Waals surface area contributed by atoms with Crippen molar-refractivity contribution < 1.29 is 9.53 Å². The maximum absolute atomic E-state index is 11.9. The molecule has 0 bridgehead atoms. The number of piperazine rings is 1. The Balaban J connectivity index is 1.41. The molecule has 3 rings (SSSR count). The number of methoxy groups -OCH3 is 1. The SMILES string of the molecule is COc1ccc(NC(=S)N2CCN(CC(=O)NC3CC3)CC2)cc1. The summed E-state index contributed by atoms with van der Waals surface area (Å²) in [5, 5.41) is 7.02. The molecule has 1 saturated heterocycles. The van der Waals surface area contributed by atoms with E-state index in [1.165, 1.54) is 0 Å². The second-order valence-corrected chi connectivity index (χ2v) is 6.65. The Morgan fingerprint density at radius 1 is 1.21 bits per heavy atom. The van der Waals surface area contributed by atoms with Gasteiger partial charge in [0.1, 0.15) is 5.75 Å². The van der Waals surface area contributed by atoms with Gasteiger partial charge in [-0.25, -0.2) is 0 Å². The van der Waals surface area contributed by atoms with E-state index < -0.39 is 0 Å². The van der Waals surface area contributed by atoms with Gasteiger partial charge in [0.2, 0.25) is 5.91 Å². The first kappa shape index (κ1) is 17.0. The molecule has 2 aliphatic rings. The van der Waals surface area contributed by atoms with Crippen LogP contribution in [0, 0.1) is 0 Å². The van der Waals surface area contributed by atoms with Crippen LogP contribution in [0.1, 0.15) is 12.8 Å². The largest absolute Gasteiger partial charge is 0.497 e. The van der Waals surface area contributed by atoms with E-state index in [-0.39, 0.29) is 5.91 Å². The highest BCUT2D eigenvalue weighted by Gasteiger charge is 2.25. The van der Waals surface area contributed by atoms with Gasteiger partial charge < -0.3 is 20.3 Å². The summed E-state index contributed by atoms with van der Waals surface area (Å²) >= 11 is 5.49. The summed E-state index contributed by atoms with van der Waals surface area (Å²) in [4.78, 5) is 16.2. The third kappa shape index (κ3) is 4.82. The number of hydrogen-bond donors (Lipinski definition) is 2. The number of nitrogens with zero attached hydrogens (tertiary/aromatic N) is 2. The Morgan fingerprint density at radius 3 is 2.46 bits per heavy atom. The zero-order valence-electron chi connectivity index (χ0n) is 14.0. The minimum atomic E-state index is 0.143. The minimum absolute atomic E-state index is 0.143. The molecular weight excluding hydrogens is 324 g/mol. The number of benzene rings is 1. The van der Waals surface area contributed by atoms with Crippen molar-refractivity contribution in [1.82, 2.24) is 15.1 Å². The predicted octanol–water partition coefficient (Wildman–Crippen LogP) is 1.29. The summed E-state index contributed by atoms with van der Waals surface area (Å²) < 4.78 is 5.15. The third-order valence-electron chi connectivity index (χ3n) is 4.31. The first-order valence-corrected chi connectivity index (χ1v) is 8.76. The van der Waals surface area contributed by atoms with E-state index in [2.05, 4.69) is 20.4 Å². The summed E-state index contributed by atoms with van der Waals surface area (Å²) in [5.41, 5.74) is 0.951. The standard InChI is InChI=1S/C17H24N4O2S/c1-23-15-6-4-14(5-7-15)19-17(24)21-10-8-20(9-11-21)12-16(22)18-13-2-3-13/h4-7,13H,2-3,8-12H2,1H3,(H,18,22)(H,19,24). The van der Waals surface area contributed by atoms with Crippen molar-refractivity contribution in [2.24, 2.45) is 0 Å². The van der Waals surface area contributed by atoms with E-state index in [1.807, 2.05) is 24.3 Å². The summed E-state index contributed by atoms with van der Waals surface area (Å²) in [6.45, 7) is 3.85. The molecule has 0 spiro atoms. The van der Waals surface area contributed by atoms with Crippen LogP contribution in [0.2, 0.25) is 0 Å². The lowest BCUT2D eigenvalue weighted by Gasteiger charge is -2.35.